The van der Waals surface area contributed by atoms with Crippen LogP contribution in [0.3, 0.4) is 0 Å². The minimum Gasteiger partial charge on any atom is -0.481 e. The number of aliphatic carboxylic acids is 2. The highest BCUT2D eigenvalue weighted by Crippen LogP contribution is 2.14. The van der Waals surface area contributed by atoms with E-state index in [1.165, 1.54) is 38.5 Å². The molecular weight excluding hydrogens is 855 g/mol. The fraction of sp³-hybridized carbons (Fsp3) is 0.814. The Morgan fingerprint density at radius 1 is 0.446 bits per heavy atom. The number of unbranched alkanes of at least 4 members (excludes halogenated alkanes) is 14. The van der Waals surface area contributed by atoms with Gasteiger partial charge in [0, 0.05) is 38.9 Å². The van der Waals surface area contributed by atoms with Gasteiger partial charge in [-0.2, -0.15) is 5.48 Å². The van der Waals surface area contributed by atoms with Crippen LogP contribution in [0.1, 0.15) is 135 Å². The maximum Gasteiger partial charge on any atom is 0.326 e. The zero-order chi connectivity index (χ0) is 48.2. The van der Waals surface area contributed by atoms with Gasteiger partial charge in [-0.05, 0) is 38.5 Å². The average Bonchev–Trinajstić information content (AvgIpc) is 3.26. The quantitative estimate of drug-likeness (QED) is 0.0303. The van der Waals surface area contributed by atoms with Gasteiger partial charge >= 0.3 is 11.9 Å². The fourth-order valence-electron chi connectivity index (χ4n) is 6.22. The third kappa shape index (κ3) is 41.9. The number of primary amides is 1. The maximum atomic E-state index is 12.3. The molecule has 0 radical (unpaired) electrons. The molecule has 0 aliphatic carbocycles. The Morgan fingerprint density at radius 2 is 0.908 bits per heavy atom. The first kappa shape index (κ1) is 60.5. The lowest BCUT2D eigenvalue weighted by Gasteiger charge is -2.14. The van der Waals surface area contributed by atoms with Gasteiger partial charge in [-0.1, -0.05) is 77.0 Å². The SMILES string of the molecule is NC(=O)CNC(=O)C(CCCCNC(=O)COCCOCCNC(=O)COCCOCCNC(=O)CCC(NC(=O)CCCCCCCCCCCCCCCCC(=O)O)C(=O)O)NO. The van der Waals surface area contributed by atoms with E-state index in [-0.39, 0.29) is 128 Å². The number of nitrogens with one attached hydrogen (secondary N) is 6. The number of amides is 6. The molecule has 0 saturated heterocycles. The van der Waals surface area contributed by atoms with Gasteiger partial charge < -0.3 is 66.7 Å². The van der Waals surface area contributed by atoms with Crippen molar-refractivity contribution >= 4 is 47.4 Å². The number of ether oxygens (including phenoxy) is 4. The Morgan fingerprint density at radius 3 is 1.38 bits per heavy atom. The van der Waals surface area contributed by atoms with E-state index >= 15 is 0 Å². The number of hydrogen-bond donors (Lipinski definition) is 10. The van der Waals surface area contributed by atoms with E-state index in [2.05, 4.69) is 26.6 Å². The van der Waals surface area contributed by atoms with Crippen LogP contribution >= 0.6 is 0 Å². The van der Waals surface area contributed by atoms with Gasteiger partial charge in [0.15, 0.2) is 0 Å². The summed E-state index contributed by atoms with van der Waals surface area (Å²) in [5, 5.41) is 40.0. The van der Waals surface area contributed by atoms with E-state index in [0.717, 1.165) is 44.9 Å². The van der Waals surface area contributed by atoms with Gasteiger partial charge in [0.1, 0.15) is 25.3 Å². The summed E-state index contributed by atoms with van der Waals surface area (Å²) in [5.74, 6) is -4.56. The lowest BCUT2D eigenvalue weighted by atomic mass is 10.0. The third-order valence-corrected chi connectivity index (χ3v) is 9.84. The van der Waals surface area contributed by atoms with Crippen molar-refractivity contribution in [1.82, 2.24) is 32.1 Å². The molecule has 11 N–H and O–H groups in total. The van der Waals surface area contributed by atoms with Gasteiger partial charge in [0.2, 0.25) is 35.4 Å². The predicted molar refractivity (Wildman–Crippen MR) is 237 cm³/mol. The number of carboxylic acids is 2. The molecule has 0 heterocycles. The molecule has 0 bridgehead atoms. The fourth-order valence-corrected chi connectivity index (χ4v) is 6.22. The number of rotatable bonds is 47. The van der Waals surface area contributed by atoms with Crippen molar-refractivity contribution in [2.45, 2.75) is 147 Å². The smallest absolute Gasteiger partial charge is 0.326 e. The molecule has 0 aromatic heterocycles. The van der Waals surface area contributed by atoms with Crippen molar-refractivity contribution in [3.05, 3.63) is 0 Å². The first-order valence-electron chi connectivity index (χ1n) is 23.2. The van der Waals surface area contributed by atoms with Crippen molar-refractivity contribution in [1.29, 1.82) is 0 Å². The standard InChI is InChI=1S/C43H79N7O15/c44-36(51)31-48-42(58)34(50-61)17-15-16-22-45-39(54)32-64-29-28-63-26-24-47-40(55)33-65-30-27-62-25-23-46-37(52)21-20-35(43(59)60)49-38(53)18-13-11-9-7-5-3-1-2-4-6-8-10-12-14-19-41(56)57/h34-35,50,61H,1-33H2,(H2,44,51)(H,45,54)(H,46,52)(H,47,55)(H,48,58)(H,49,53)(H,56,57)(H,59,60). The zero-order valence-electron chi connectivity index (χ0n) is 38.3. The summed E-state index contributed by atoms with van der Waals surface area (Å²) in [6.07, 6.45) is 16.7. The molecule has 65 heavy (non-hydrogen) atoms. The van der Waals surface area contributed by atoms with Crippen molar-refractivity contribution in [3.8, 4) is 0 Å². The average molecular weight is 934 g/mol. The van der Waals surface area contributed by atoms with E-state index in [0.29, 0.717) is 25.8 Å². The molecular formula is C43H79N7O15. The largest absolute Gasteiger partial charge is 0.481 e. The van der Waals surface area contributed by atoms with Crippen LogP contribution in [0.2, 0.25) is 0 Å². The molecule has 0 rings (SSSR count). The van der Waals surface area contributed by atoms with Crippen molar-refractivity contribution in [2.75, 3.05) is 79.0 Å². The highest BCUT2D eigenvalue weighted by atomic mass is 16.5. The molecule has 22 nitrogen and oxygen atoms in total. The molecule has 0 saturated carbocycles. The van der Waals surface area contributed by atoms with Gasteiger partial charge in [-0.15, -0.1) is 0 Å². The monoisotopic (exact) mass is 934 g/mol. The molecule has 0 aliphatic heterocycles. The number of carboxylic acid groups (broad SMARTS) is 2. The van der Waals surface area contributed by atoms with Crippen LogP contribution in [-0.4, -0.2) is 154 Å². The van der Waals surface area contributed by atoms with Gasteiger partial charge in [-0.25, -0.2) is 4.79 Å². The second kappa shape index (κ2) is 43.4. The summed E-state index contributed by atoms with van der Waals surface area (Å²) in [7, 11) is 0. The Kier molecular flexibility index (Phi) is 40.4. The lowest BCUT2D eigenvalue weighted by molar-refractivity contribution is -0.142. The summed E-state index contributed by atoms with van der Waals surface area (Å²) < 4.78 is 21.3. The van der Waals surface area contributed by atoms with Crippen LogP contribution in [0, 0.1) is 0 Å². The second-order valence-electron chi connectivity index (χ2n) is 15.6. The van der Waals surface area contributed by atoms with E-state index in [1.807, 2.05) is 5.48 Å². The zero-order valence-corrected chi connectivity index (χ0v) is 38.3. The first-order valence-corrected chi connectivity index (χ1v) is 23.2. The topological polar surface area (TPSA) is 332 Å². The minimum atomic E-state index is -1.19. The van der Waals surface area contributed by atoms with Crippen molar-refractivity contribution in [2.24, 2.45) is 5.73 Å². The Hall–Kier alpha value is -4.48. The molecule has 0 aliphatic rings. The number of carbonyl (C=O) groups is 8. The molecule has 376 valence electrons. The van der Waals surface area contributed by atoms with Crippen molar-refractivity contribution in [3.63, 3.8) is 0 Å². The summed E-state index contributed by atoms with van der Waals surface area (Å²) in [4.78, 5) is 93.1. The third-order valence-electron chi connectivity index (χ3n) is 9.84. The van der Waals surface area contributed by atoms with Crippen LogP contribution < -0.4 is 37.8 Å². The maximum absolute atomic E-state index is 12.3. The number of carbonyl (C=O) groups excluding carboxylic acids is 6. The number of nitrogens with two attached hydrogens (primary N) is 1. The van der Waals surface area contributed by atoms with Gasteiger partial charge in [-0.3, -0.25) is 33.6 Å². The number of hydroxylamine groups is 1. The summed E-state index contributed by atoms with van der Waals surface area (Å²) in [5.41, 5.74) is 6.85. The first-order chi connectivity index (χ1) is 31.3. The highest BCUT2D eigenvalue weighted by molar-refractivity contribution is 5.86. The molecule has 6 amide bonds. The molecule has 0 spiro atoms. The van der Waals surface area contributed by atoms with Gasteiger partial charge in [0.25, 0.3) is 0 Å². The lowest BCUT2D eigenvalue weighted by Crippen LogP contribution is -2.45. The summed E-state index contributed by atoms with van der Waals surface area (Å²) >= 11 is 0. The molecule has 0 fully saturated rings. The summed E-state index contributed by atoms with van der Waals surface area (Å²) in [6, 6.07) is -2.06. The molecule has 2 unspecified atom stereocenters. The number of hydrogen-bond acceptors (Lipinski definition) is 14. The van der Waals surface area contributed by atoms with Crippen LogP contribution in [0.4, 0.5) is 0 Å². The Balaban J connectivity index is 3.68. The van der Waals surface area contributed by atoms with Gasteiger partial charge in [0.05, 0.1) is 46.2 Å². The second-order valence-corrected chi connectivity index (χ2v) is 15.6. The predicted octanol–water partition coefficient (Wildman–Crippen LogP) is 1.20. The van der Waals surface area contributed by atoms with Crippen LogP contribution in [0.25, 0.3) is 0 Å². The van der Waals surface area contributed by atoms with E-state index < -0.39 is 35.8 Å². The van der Waals surface area contributed by atoms with Crippen molar-refractivity contribution < 1.29 is 72.7 Å². The van der Waals surface area contributed by atoms with E-state index in [1.54, 1.807) is 0 Å². The van der Waals surface area contributed by atoms with Crippen LogP contribution in [-0.2, 0) is 57.3 Å². The minimum absolute atomic E-state index is 0.0391. The normalized spacial score (nSPS) is 11.9. The Labute approximate surface area is 383 Å². The van der Waals surface area contributed by atoms with E-state index in [9.17, 15) is 43.5 Å². The molecule has 0 aromatic carbocycles. The van der Waals surface area contributed by atoms with Crippen LogP contribution in [0.15, 0.2) is 0 Å². The Bertz CT molecular complexity index is 1330. The highest BCUT2D eigenvalue weighted by Gasteiger charge is 2.21. The van der Waals surface area contributed by atoms with Crippen LogP contribution in [0.5, 0.6) is 0 Å². The van der Waals surface area contributed by atoms with E-state index in [4.69, 9.17) is 35.0 Å². The molecule has 0 aromatic rings. The molecule has 2 atom stereocenters. The summed E-state index contributed by atoms with van der Waals surface area (Å²) in [6.45, 7) is 1.19. The molecule has 22 heteroatoms.